The van der Waals surface area contributed by atoms with Crippen LogP contribution >= 0.6 is 11.6 Å². The van der Waals surface area contributed by atoms with Crippen LogP contribution in [0.2, 0.25) is 5.02 Å². The first-order valence-corrected chi connectivity index (χ1v) is 8.24. The van der Waals surface area contributed by atoms with E-state index in [1.807, 2.05) is 20.2 Å². The summed E-state index contributed by atoms with van der Waals surface area (Å²) < 4.78 is 1.73. The number of aromatic nitrogens is 2. The summed E-state index contributed by atoms with van der Waals surface area (Å²) in [4.78, 5) is 24.6. The number of rotatable bonds is 5. The Bertz CT molecular complexity index is 787. The molecule has 1 saturated carbocycles. The van der Waals surface area contributed by atoms with E-state index in [1.54, 1.807) is 29.1 Å². The smallest absolute Gasteiger partial charge is 0.253 e. The predicted molar refractivity (Wildman–Crippen MR) is 92.1 cm³/mol. The molecule has 0 aliphatic heterocycles. The highest BCUT2D eigenvalue weighted by Gasteiger charge is 2.44. The molecule has 126 valence electrons. The molecule has 1 aromatic carbocycles. The van der Waals surface area contributed by atoms with Crippen molar-refractivity contribution in [2.45, 2.75) is 19.3 Å². The second kappa shape index (κ2) is 6.65. The van der Waals surface area contributed by atoms with Crippen molar-refractivity contribution in [3.05, 3.63) is 46.7 Å². The van der Waals surface area contributed by atoms with Crippen molar-refractivity contribution < 1.29 is 9.59 Å². The Morgan fingerprint density at radius 2 is 2.21 bits per heavy atom. The van der Waals surface area contributed by atoms with E-state index in [1.165, 1.54) is 0 Å². The van der Waals surface area contributed by atoms with Crippen molar-refractivity contribution in [1.29, 1.82) is 0 Å². The minimum atomic E-state index is -0.255. The van der Waals surface area contributed by atoms with Crippen molar-refractivity contribution in [1.82, 2.24) is 15.1 Å². The molecule has 2 aromatic rings. The number of hydrogen-bond donors (Lipinski definition) is 2. The van der Waals surface area contributed by atoms with E-state index < -0.39 is 0 Å². The van der Waals surface area contributed by atoms with Crippen LogP contribution in [-0.4, -0.2) is 28.1 Å². The molecule has 7 heteroatoms. The van der Waals surface area contributed by atoms with Crippen LogP contribution < -0.4 is 10.6 Å². The number of nitrogens with zero attached hydrogens (tertiary/aromatic N) is 2. The highest BCUT2D eigenvalue weighted by molar-refractivity contribution is 6.31. The molecule has 1 fully saturated rings. The maximum atomic E-state index is 12.5. The van der Waals surface area contributed by atoms with Gasteiger partial charge in [0.15, 0.2) is 0 Å². The summed E-state index contributed by atoms with van der Waals surface area (Å²) >= 11 is 5.98. The molecule has 1 aromatic heterocycles. The molecule has 0 spiro atoms. The third-order valence-corrected chi connectivity index (χ3v) is 4.34. The first-order chi connectivity index (χ1) is 11.5. The minimum absolute atomic E-state index is 0.0864. The van der Waals surface area contributed by atoms with Gasteiger partial charge in [0.1, 0.15) is 0 Å². The van der Waals surface area contributed by atoms with Gasteiger partial charge in [0, 0.05) is 30.7 Å². The van der Waals surface area contributed by atoms with E-state index in [4.69, 9.17) is 11.6 Å². The lowest BCUT2D eigenvalue weighted by atomic mass is 10.1. The number of hydrogen-bond acceptors (Lipinski definition) is 3. The lowest BCUT2D eigenvalue weighted by Crippen LogP contribution is -2.25. The summed E-state index contributed by atoms with van der Waals surface area (Å²) in [6.45, 7) is 2.34. The summed E-state index contributed by atoms with van der Waals surface area (Å²) in [6.07, 6.45) is 4.52. The molecule has 1 aliphatic carbocycles. The van der Waals surface area contributed by atoms with E-state index in [0.29, 0.717) is 22.8 Å². The van der Waals surface area contributed by atoms with Gasteiger partial charge >= 0.3 is 0 Å². The maximum Gasteiger partial charge on any atom is 0.253 e. The van der Waals surface area contributed by atoms with E-state index in [2.05, 4.69) is 15.7 Å². The zero-order valence-corrected chi connectivity index (χ0v) is 14.3. The Balaban J connectivity index is 1.72. The molecule has 3 rings (SSSR count). The summed E-state index contributed by atoms with van der Waals surface area (Å²) in [5, 5.41) is 10.2. The molecule has 0 saturated heterocycles. The molecule has 2 atom stereocenters. The molecule has 2 amide bonds. The topological polar surface area (TPSA) is 76.0 Å². The minimum Gasteiger partial charge on any atom is -0.352 e. The van der Waals surface area contributed by atoms with Gasteiger partial charge in [0.2, 0.25) is 5.91 Å². The van der Waals surface area contributed by atoms with Crippen LogP contribution in [0.3, 0.4) is 0 Å². The Hall–Kier alpha value is -2.34. The van der Waals surface area contributed by atoms with Crippen molar-refractivity contribution in [3.8, 4) is 0 Å². The molecule has 24 heavy (non-hydrogen) atoms. The fourth-order valence-electron chi connectivity index (χ4n) is 2.78. The van der Waals surface area contributed by atoms with E-state index in [-0.39, 0.29) is 23.7 Å². The Kier molecular flexibility index (Phi) is 4.57. The predicted octanol–water partition coefficient (Wildman–Crippen LogP) is 2.57. The molecular weight excluding hydrogens is 328 g/mol. The average Bonchev–Trinajstić information content (AvgIpc) is 3.24. The van der Waals surface area contributed by atoms with E-state index >= 15 is 0 Å². The Morgan fingerprint density at radius 1 is 1.42 bits per heavy atom. The first-order valence-electron chi connectivity index (χ1n) is 7.86. The number of carbonyl (C=O) groups excluding carboxylic acids is 2. The molecule has 2 N–H and O–H groups in total. The molecular formula is C17H19ClN4O2. The van der Waals surface area contributed by atoms with Gasteiger partial charge in [-0.1, -0.05) is 11.6 Å². The zero-order chi connectivity index (χ0) is 17.3. The highest BCUT2D eigenvalue weighted by Crippen LogP contribution is 2.47. The fraction of sp³-hybridized carbons (Fsp3) is 0.353. The van der Waals surface area contributed by atoms with Gasteiger partial charge in [-0.05, 0) is 43.0 Å². The third kappa shape index (κ3) is 3.43. The van der Waals surface area contributed by atoms with Gasteiger partial charge < -0.3 is 10.6 Å². The van der Waals surface area contributed by atoms with Gasteiger partial charge in [-0.2, -0.15) is 5.10 Å². The quantitative estimate of drug-likeness (QED) is 0.873. The summed E-state index contributed by atoms with van der Waals surface area (Å²) in [5.41, 5.74) is 1.92. The number of anilines is 1. The number of nitrogens with one attached hydrogen (secondary N) is 2. The van der Waals surface area contributed by atoms with Crippen LogP contribution in [0.15, 0.2) is 30.6 Å². The zero-order valence-electron chi connectivity index (χ0n) is 13.5. The maximum absolute atomic E-state index is 12.5. The van der Waals surface area contributed by atoms with Crippen molar-refractivity contribution in [2.24, 2.45) is 13.0 Å². The molecule has 1 aliphatic rings. The van der Waals surface area contributed by atoms with E-state index in [9.17, 15) is 9.59 Å². The molecule has 0 bridgehead atoms. The van der Waals surface area contributed by atoms with Crippen LogP contribution in [0.5, 0.6) is 0 Å². The van der Waals surface area contributed by atoms with Gasteiger partial charge in [0.25, 0.3) is 5.91 Å². The Morgan fingerprint density at radius 3 is 2.88 bits per heavy atom. The van der Waals surface area contributed by atoms with Crippen molar-refractivity contribution >= 4 is 29.1 Å². The summed E-state index contributed by atoms with van der Waals surface area (Å²) in [6, 6.07) is 4.88. The standard InChI is InChI=1S/C17H19ClN4O2/c1-3-19-16(23)14-6-11(18)4-5-15(14)21-17(24)13-7-12(13)10-8-20-22(2)9-10/h4-6,8-9,12-13H,3,7H2,1-2H3,(H,19,23)(H,21,24)/t12-,13+/m0/s1. The van der Waals surface area contributed by atoms with Crippen molar-refractivity contribution in [3.63, 3.8) is 0 Å². The number of carbonyl (C=O) groups is 2. The average molecular weight is 347 g/mol. The monoisotopic (exact) mass is 346 g/mol. The lowest BCUT2D eigenvalue weighted by Gasteiger charge is -2.11. The van der Waals surface area contributed by atoms with Crippen LogP contribution in [0.1, 0.15) is 35.2 Å². The molecule has 6 nitrogen and oxygen atoms in total. The number of halogens is 1. The SMILES string of the molecule is CCNC(=O)c1cc(Cl)ccc1NC(=O)[C@@H]1C[C@H]1c1cnn(C)c1. The second-order valence-electron chi connectivity index (χ2n) is 5.93. The van der Waals surface area contributed by atoms with Gasteiger partial charge in [0.05, 0.1) is 17.4 Å². The van der Waals surface area contributed by atoms with Crippen LogP contribution in [0.25, 0.3) is 0 Å². The molecule has 0 unspecified atom stereocenters. The van der Waals surface area contributed by atoms with Crippen molar-refractivity contribution in [2.75, 3.05) is 11.9 Å². The number of amides is 2. The van der Waals surface area contributed by atoms with Gasteiger partial charge in [-0.3, -0.25) is 14.3 Å². The lowest BCUT2D eigenvalue weighted by molar-refractivity contribution is -0.117. The number of aryl methyl sites for hydroxylation is 1. The summed E-state index contributed by atoms with van der Waals surface area (Å²) in [7, 11) is 1.85. The third-order valence-electron chi connectivity index (χ3n) is 4.10. The fourth-order valence-corrected chi connectivity index (χ4v) is 2.95. The molecule has 1 heterocycles. The van der Waals surface area contributed by atoms with Crippen LogP contribution in [-0.2, 0) is 11.8 Å². The van der Waals surface area contributed by atoms with Gasteiger partial charge in [-0.25, -0.2) is 0 Å². The van der Waals surface area contributed by atoms with E-state index in [0.717, 1.165) is 12.0 Å². The summed E-state index contributed by atoms with van der Waals surface area (Å²) in [5.74, 6) is -0.238. The first kappa shape index (κ1) is 16.5. The van der Waals surface area contributed by atoms with Crippen LogP contribution in [0, 0.1) is 5.92 Å². The van der Waals surface area contributed by atoms with Crippen LogP contribution in [0.4, 0.5) is 5.69 Å². The Labute approximate surface area is 145 Å². The van der Waals surface area contributed by atoms with Gasteiger partial charge in [-0.15, -0.1) is 0 Å². The highest BCUT2D eigenvalue weighted by atomic mass is 35.5. The molecule has 0 radical (unpaired) electrons. The largest absolute Gasteiger partial charge is 0.352 e. The second-order valence-corrected chi connectivity index (χ2v) is 6.37. The normalized spacial score (nSPS) is 19.0. The number of benzene rings is 1.